The zero-order valence-corrected chi connectivity index (χ0v) is 20.4. The number of pyridine rings is 1. The minimum Gasteiger partial charge on any atom is -0.338 e. The van der Waals surface area contributed by atoms with Crippen LogP contribution in [0.3, 0.4) is 0 Å². The summed E-state index contributed by atoms with van der Waals surface area (Å²) < 4.78 is 25.9. The standard InChI is InChI=1S/C22H23N7O3S2/c1-4-23-21(30)29-22-28-18-8-14(15-10-25-19(26-11-15)12-27-34(3,31)32)7-16(20(18)33-22)17-6-5-13(2)9-24-17/h5-11,27H,4,12H2,1-3H3,(H2,23,28,29,30). The number of benzene rings is 1. The van der Waals surface area contributed by atoms with E-state index in [0.717, 1.165) is 38.9 Å². The van der Waals surface area contributed by atoms with Crippen molar-refractivity contribution in [2.24, 2.45) is 0 Å². The third kappa shape index (κ3) is 5.71. The molecule has 0 radical (unpaired) electrons. The predicted molar refractivity (Wildman–Crippen MR) is 133 cm³/mol. The molecule has 2 amide bonds. The second-order valence-corrected chi connectivity index (χ2v) is 10.4. The molecule has 4 rings (SSSR count). The van der Waals surface area contributed by atoms with Crippen LogP contribution in [0.25, 0.3) is 32.6 Å². The van der Waals surface area contributed by atoms with Crippen molar-refractivity contribution >= 4 is 42.7 Å². The lowest BCUT2D eigenvalue weighted by molar-refractivity contribution is 0.252. The van der Waals surface area contributed by atoms with Crippen molar-refractivity contribution < 1.29 is 13.2 Å². The summed E-state index contributed by atoms with van der Waals surface area (Å²) in [6.07, 6.45) is 6.16. The van der Waals surface area contributed by atoms with E-state index in [2.05, 4.69) is 35.3 Å². The number of nitrogens with zero attached hydrogens (tertiary/aromatic N) is 4. The van der Waals surface area contributed by atoms with E-state index in [4.69, 9.17) is 0 Å². The molecule has 3 aromatic heterocycles. The molecule has 0 atom stereocenters. The molecule has 0 saturated heterocycles. The number of carbonyl (C=O) groups excluding carboxylic acids is 1. The Bertz CT molecular complexity index is 1430. The molecule has 1 aromatic carbocycles. The third-order valence-corrected chi connectivity index (χ3v) is 6.45. The Morgan fingerprint density at radius 2 is 1.82 bits per heavy atom. The number of urea groups is 1. The Morgan fingerprint density at radius 3 is 2.47 bits per heavy atom. The van der Waals surface area contributed by atoms with E-state index >= 15 is 0 Å². The molecule has 0 aliphatic rings. The predicted octanol–water partition coefficient (Wildman–Crippen LogP) is 3.31. The minimum atomic E-state index is -3.34. The number of rotatable bonds is 7. The number of carbonyl (C=O) groups is 1. The topological polar surface area (TPSA) is 139 Å². The summed E-state index contributed by atoms with van der Waals surface area (Å²) in [5, 5.41) is 5.94. The van der Waals surface area contributed by atoms with Gasteiger partial charge < -0.3 is 5.32 Å². The van der Waals surface area contributed by atoms with Crippen molar-refractivity contribution in [3.05, 3.63) is 54.2 Å². The Labute approximate surface area is 201 Å². The van der Waals surface area contributed by atoms with Crippen LogP contribution in [0, 0.1) is 6.92 Å². The number of sulfonamides is 1. The first-order valence-corrected chi connectivity index (χ1v) is 13.1. The van der Waals surface area contributed by atoms with Crippen LogP contribution in [0.4, 0.5) is 9.93 Å². The number of nitrogens with one attached hydrogen (secondary N) is 3. The molecule has 34 heavy (non-hydrogen) atoms. The average molecular weight is 498 g/mol. The van der Waals surface area contributed by atoms with Gasteiger partial charge in [-0.25, -0.2) is 32.9 Å². The Balaban J connectivity index is 1.75. The summed E-state index contributed by atoms with van der Waals surface area (Å²) in [5.41, 5.74) is 4.96. The highest BCUT2D eigenvalue weighted by atomic mass is 32.2. The lowest BCUT2D eigenvalue weighted by Gasteiger charge is -2.08. The van der Waals surface area contributed by atoms with Crippen molar-refractivity contribution in [2.45, 2.75) is 20.4 Å². The van der Waals surface area contributed by atoms with E-state index in [9.17, 15) is 13.2 Å². The summed E-state index contributed by atoms with van der Waals surface area (Å²) in [4.78, 5) is 29.7. The molecule has 0 aliphatic carbocycles. The van der Waals surface area contributed by atoms with Crippen LogP contribution in [0.1, 0.15) is 18.3 Å². The number of amides is 2. The van der Waals surface area contributed by atoms with Crippen molar-refractivity contribution in [2.75, 3.05) is 18.1 Å². The monoisotopic (exact) mass is 497 g/mol. The number of fused-ring (bicyclic) bond motifs is 1. The molecule has 0 unspecified atom stereocenters. The first-order chi connectivity index (χ1) is 16.2. The molecule has 0 spiro atoms. The number of hydrogen-bond acceptors (Lipinski definition) is 8. The lowest BCUT2D eigenvalue weighted by Crippen LogP contribution is -2.28. The molecule has 0 bridgehead atoms. The molecule has 0 fully saturated rings. The number of aryl methyl sites for hydroxylation is 1. The molecule has 176 valence electrons. The SMILES string of the molecule is CCNC(=O)Nc1nc2cc(-c3cnc(CNS(C)(=O)=O)nc3)cc(-c3ccc(C)cn3)c2s1. The first-order valence-electron chi connectivity index (χ1n) is 10.4. The van der Waals surface area contributed by atoms with Gasteiger partial charge in [0.05, 0.1) is 28.7 Å². The van der Waals surface area contributed by atoms with Crippen molar-refractivity contribution in [3.8, 4) is 22.4 Å². The van der Waals surface area contributed by atoms with E-state index < -0.39 is 10.0 Å². The Morgan fingerprint density at radius 1 is 1.06 bits per heavy atom. The van der Waals surface area contributed by atoms with Crippen LogP contribution in [0.2, 0.25) is 0 Å². The van der Waals surface area contributed by atoms with Crippen molar-refractivity contribution in [3.63, 3.8) is 0 Å². The highest BCUT2D eigenvalue weighted by Gasteiger charge is 2.15. The van der Waals surface area contributed by atoms with E-state index in [1.54, 1.807) is 18.6 Å². The summed E-state index contributed by atoms with van der Waals surface area (Å²) >= 11 is 1.37. The van der Waals surface area contributed by atoms with Gasteiger partial charge in [0, 0.05) is 36.3 Å². The van der Waals surface area contributed by atoms with E-state index in [1.165, 1.54) is 11.3 Å². The van der Waals surface area contributed by atoms with Gasteiger partial charge in [0.15, 0.2) is 5.13 Å². The van der Waals surface area contributed by atoms with Gasteiger partial charge in [0.25, 0.3) is 0 Å². The van der Waals surface area contributed by atoms with Crippen LogP contribution in [-0.4, -0.2) is 47.2 Å². The van der Waals surface area contributed by atoms with Gasteiger partial charge in [-0.1, -0.05) is 17.4 Å². The zero-order valence-electron chi connectivity index (χ0n) is 18.8. The third-order valence-electron chi connectivity index (χ3n) is 4.77. The summed E-state index contributed by atoms with van der Waals surface area (Å²) in [6.45, 7) is 4.34. The van der Waals surface area contributed by atoms with Crippen LogP contribution in [0.15, 0.2) is 42.9 Å². The number of thiazole rings is 1. The molecule has 3 N–H and O–H groups in total. The fourth-order valence-electron chi connectivity index (χ4n) is 3.16. The fourth-order valence-corrected chi connectivity index (χ4v) is 4.52. The van der Waals surface area contributed by atoms with Gasteiger partial charge >= 0.3 is 6.03 Å². The van der Waals surface area contributed by atoms with Crippen molar-refractivity contribution in [1.82, 2.24) is 30.0 Å². The number of anilines is 1. The molecular formula is C22H23N7O3S2. The van der Waals surface area contributed by atoms with E-state index in [-0.39, 0.29) is 12.6 Å². The summed E-state index contributed by atoms with van der Waals surface area (Å²) in [5.74, 6) is 0.359. The average Bonchev–Trinajstić information content (AvgIpc) is 3.20. The number of hydrogen-bond donors (Lipinski definition) is 3. The zero-order chi connectivity index (χ0) is 24.3. The van der Waals surface area contributed by atoms with Crippen LogP contribution in [0.5, 0.6) is 0 Å². The quantitative estimate of drug-likeness (QED) is 0.356. The van der Waals surface area contributed by atoms with Crippen LogP contribution in [-0.2, 0) is 16.6 Å². The molecule has 0 aliphatic heterocycles. The molecule has 4 aromatic rings. The lowest BCUT2D eigenvalue weighted by atomic mass is 10.0. The largest absolute Gasteiger partial charge is 0.338 e. The van der Waals surface area contributed by atoms with E-state index in [0.29, 0.717) is 23.0 Å². The highest BCUT2D eigenvalue weighted by Crippen LogP contribution is 2.38. The smallest absolute Gasteiger partial charge is 0.321 e. The van der Waals surface area contributed by atoms with Crippen molar-refractivity contribution in [1.29, 1.82) is 0 Å². The minimum absolute atomic E-state index is 0.0115. The Hall–Kier alpha value is -3.48. The second kappa shape index (κ2) is 9.79. The van der Waals surface area contributed by atoms with Gasteiger partial charge in [-0.15, -0.1) is 0 Å². The maximum Gasteiger partial charge on any atom is 0.321 e. The number of aromatic nitrogens is 4. The maximum atomic E-state index is 12.0. The molecular weight excluding hydrogens is 474 g/mol. The molecule has 10 nitrogen and oxygen atoms in total. The first kappa shape index (κ1) is 23.7. The Kier molecular flexibility index (Phi) is 6.82. The summed E-state index contributed by atoms with van der Waals surface area (Å²) in [6, 6.07) is 7.51. The molecule has 12 heteroatoms. The summed E-state index contributed by atoms with van der Waals surface area (Å²) in [7, 11) is -3.34. The molecule has 0 saturated carbocycles. The van der Waals surface area contributed by atoms with E-state index in [1.807, 2.05) is 38.1 Å². The highest BCUT2D eigenvalue weighted by molar-refractivity contribution is 7.88. The fraction of sp³-hybridized carbons (Fsp3) is 0.227. The molecule has 3 heterocycles. The van der Waals surface area contributed by atoms with Crippen LogP contribution < -0.4 is 15.4 Å². The van der Waals surface area contributed by atoms with Gasteiger partial charge in [0.2, 0.25) is 10.0 Å². The van der Waals surface area contributed by atoms with Gasteiger partial charge in [0.1, 0.15) is 5.82 Å². The van der Waals surface area contributed by atoms with Gasteiger partial charge in [-0.05, 0) is 43.2 Å². The normalized spacial score (nSPS) is 11.5. The maximum absolute atomic E-state index is 12.0. The second-order valence-electron chi connectivity index (χ2n) is 7.58. The van der Waals surface area contributed by atoms with Gasteiger partial charge in [-0.3, -0.25) is 10.3 Å². The van der Waals surface area contributed by atoms with Gasteiger partial charge in [-0.2, -0.15) is 0 Å². The van der Waals surface area contributed by atoms with Crippen LogP contribution >= 0.6 is 11.3 Å².